The van der Waals surface area contributed by atoms with Gasteiger partial charge in [-0.2, -0.15) is 0 Å². The molecule has 3 unspecified atom stereocenters. The molecule has 0 saturated carbocycles. The van der Waals surface area contributed by atoms with Crippen LogP contribution in [0.1, 0.15) is 33.1 Å². The summed E-state index contributed by atoms with van der Waals surface area (Å²) in [6.07, 6.45) is 8.47. The van der Waals surface area contributed by atoms with Gasteiger partial charge in [0.05, 0.1) is 12.1 Å². The van der Waals surface area contributed by atoms with Crippen molar-refractivity contribution in [2.24, 2.45) is 5.92 Å². The van der Waals surface area contributed by atoms with Gasteiger partial charge in [-0.05, 0) is 32.2 Å². The van der Waals surface area contributed by atoms with Crippen molar-refractivity contribution in [2.75, 3.05) is 6.54 Å². The molecule has 0 spiro atoms. The van der Waals surface area contributed by atoms with Gasteiger partial charge in [-0.1, -0.05) is 19.3 Å². The Morgan fingerprint density at radius 1 is 1.73 bits per heavy atom. The fourth-order valence-electron chi connectivity index (χ4n) is 1.92. The van der Waals surface area contributed by atoms with Crippen LogP contribution in [0.2, 0.25) is 0 Å². The number of hydrogen-bond donors (Lipinski definition) is 2. The van der Waals surface area contributed by atoms with Crippen molar-refractivity contribution in [3.05, 3.63) is 0 Å². The van der Waals surface area contributed by atoms with Crippen LogP contribution in [0, 0.1) is 18.3 Å². The summed E-state index contributed by atoms with van der Waals surface area (Å²) >= 11 is 0. The molecule has 0 aliphatic carbocycles. The summed E-state index contributed by atoms with van der Waals surface area (Å²) in [6, 6.07) is -0.235. The molecule has 84 valence electrons. The van der Waals surface area contributed by atoms with Crippen molar-refractivity contribution in [1.29, 1.82) is 0 Å². The van der Waals surface area contributed by atoms with Crippen LogP contribution in [0.5, 0.6) is 0 Å². The molecule has 3 atom stereocenters. The third-order valence-electron chi connectivity index (χ3n) is 3.01. The minimum Gasteiger partial charge on any atom is -0.341 e. The minimum atomic E-state index is -0.179. The average molecular weight is 208 g/mol. The van der Waals surface area contributed by atoms with Gasteiger partial charge >= 0.3 is 0 Å². The van der Waals surface area contributed by atoms with Crippen LogP contribution in [-0.4, -0.2) is 24.5 Å². The van der Waals surface area contributed by atoms with Crippen LogP contribution < -0.4 is 10.6 Å². The monoisotopic (exact) mass is 208 g/mol. The topological polar surface area (TPSA) is 41.1 Å². The van der Waals surface area contributed by atoms with Crippen molar-refractivity contribution in [3.63, 3.8) is 0 Å². The number of carbonyl (C=O) groups excluding carboxylic acids is 1. The van der Waals surface area contributed by atoms with Gasteiger partial charge in [-0.25, -0.2) is 0 Å². The molecule has 1 aliphatic rings. The standard InChI is InChI=1S/C12H20N2O/c1-4-9(3)14-12(15)11-8-10(5-2)6-7-13-11/h1,9-11,13H,5-8H2,2-3H3,(H,14,15). The van der Waals surface area contributed by atoms with E-state index in [1.54, 1.807) is 0 Å². The van der Waals surface area contributed by atoms with Crippen molar-refractivity contribution in [3.8, 4) is 12.3 Å². The third-order valence-corrected chi connectivity index (χ3v) is 3.01. The Labute approximate surface area is 92.0 Å². The van der Waals surface area contributed by atoms with Gasteiger partial charge in [-0.15, -0.1) is 6.42 Å². The molecule has 2 N–H and O–H groups in total. The van der Waals surface area contributed by atoms with Crippen molar-refractivity contribution in [2.45, 2.75) is 45.2 Å². The normalized spacial score (nSPS) is 27.8. The maximum atomic E-state index is 11.8. The van der Waals surface area contributed by atoms with E-state index in [0.717, 1.165) is 19.4 Å². The summed E-state index contributed by atoms with van der Waals surface area (Å²) < 4.78 is 0. The number of carbonyl (C=O) groups is 1. The van der Waals surface area contributed by atoms with E-state index in [9.17, 15) is 4.79 Å². The van der Waals surface area contributed by atoms with Crippen molar-refractivity contribution >= 4 is 5.91 Å². The predicted molar refractivity (Wildman–Crippen MR) is 61.2 cm³/mol. The lowest BCUT2D eigenvalue weighted by Gasteiger charge is -2.29. The fraction of sp³-hybridized carbons (Fsp3) is 0.750. The predicted octanol–water partition coefficient (Wildman–Crippen LogP) is 0.902. The number of nitrogens with one attached hydrogen (secondary N) is 2. The molecule has 0 aromatic rings. The molecule has 3 nitrogen and oxygen atoms in total. The number of rotatable bonds is 3. The Morgan fingerprint density at radius 2 is 2.47 bits per heavy atom. The summed E-state index contributed by atoms with van der Waals surface area (Å²) in [5, 5.41) is 6.04. The number of amides is 1. The highest BCUT2D eigenvalue weighted by molar-refractivity contribution is 5.82. The van der Waals surface area contributed by atoms with E-state index >= 15 is 0 Å². The zero-order valence-corrected chi connectivity index (χ0v) is 9.55. The van der Waals surface area contributed by atoms with Crippen LogP contribution in [0.15, 0.2) is 0 Å². The maximum absolute atomic E-state index is 11.8. The molecule has 0 aromatic carbocycles. The lowest BCUT2D eigenvalue weighted by Crippen LogP contribution is -2.50. The van der Waals surface area contributed by atoms with Gasteiger partial charge in [0.1, 0.15) is 0 Å². The summed E-state index contributed by atoms with van der Waals surface area (Å²) in [6.45, 7) is 4.92. The van der Waals surface area contributed by atoms with Crippen LogP contribution in [0.3, 0.4) is 0 Å². The highest BCUT2D eigenvalue weighted by Crippen LogP contribution is 2.19. The summed E-state index contributed by atoms with van der Waals surface area (Å²) in [5.74, 6) is 3.21. The van der Waals surface area contributed by atoms with Gasteiger partial charge in [0, 0.05) is 0 Å². The Morgan fingerprint density at radius 3 is 3.07 bits per heavy atom. The number of hydrogen-bond acceptors (Lipinski definition) is 2. The van der Waals surface area contributed by atoms with Crippen molar-refractivity contribution in [1.82, 2.24) is 10.6 Å². The van der Waals surface area contributed by atoms with Gasteiger partial charge in [0.2, 0.25) is 5.91 Å². The highest BCUT2D eigenvalue weighted by Gasteiger charge is 2.26. The van der Waals surface area contributed by atoms with Crippen LogP contribution in [0.4, 0.5) is 0 Å². The van der Waals surface area contributed by atoms with E-state index < -0.39 is 0 Å². The van der Waals surface area contributed by atoms with Crippen molar-refractivity contribution < 1.29 is 4.79 Å². The molecule has 3 heteroatoms. The molecule has 0 bridgehead atoms. The quantitative estimate of drug-likeness (QED) is 0.677. The second-order valence-corrected chi connectivity index (χ2v) is 4.20. The molecule has 1 heterocycles. The molecular formula is C12H20N2O. The summed E-state index contributed by atoms with van der Waals surface area (Å²) in [4.78, 5) is 11.8. The largest absolute Gasteiger partial charge is 0.341 e. The van der Waals surface area contributed by atoms with Gasteiger partial charge in [0.15, 0.2) is 0 Å². The van der Waals surface area contributed by atoms with Crippen LogP contribution in [-0.2, 0) is 4.79 Å². The lowest BCUT2D eigenvalue weighted by molar-refractivity contribution is -0.124. The zero-order valence-electron chi connectivity index (χ0n) is 9.55. The van der Waals surface area contributed by atoms with E-state index in [2.05, 4.69) is 23.5 Å². The van der Waals surface area contributed by atoms with E-state index in [-0.39, 0.29) is 18.0 Å². The first-order chi connectivity index (χ1) is 7.17. The Balaban J connectivity index is 2.42. The molecule has 1 fully saturated rings. The molecule has 1 amide bonds. The first kappa shape index (κ1) is 12.1. The fourth-order valence-corrected chi connectivity index (χ4v) is 1.92. The molecule has 1 rings (SSSR count). The molecule has 1 aliphatic heterocycles. The Bertz CT molecular complexity index is 257. The molecule has 0 aromatic heterocycles. The average Bonchev–Trinajstić information content (AvgIpc) is 2.28. The van der Waals surface area contributed by atoms with E-state index in [0.29, 0.717) is 5.92 Å². The van der Waals surface area contributed by atoms with Gasteiger partial charge in [-0.3, -0.25) is 4.79 Å². The second-order valence-electron chi connectivity index (χ2n) is 4.20. The van der Waals surface area contributed by atoms with E-state index in [1.807, 2.05) is 6.92 Å². The van der Waals surface area contributed by atoms with Gasteiger partial charge < -0.3 is 10.6 Å². The number of terminal acetylenes is 1. The summed E-state index contributed by atoms with van der Waals surface area (Å²) in [5.41, 5.74) is 0. The second kappa shape index (κ2) is 5.77. The Kier molecular flexibility index (Phi) is 4.64. The molecule has 0 radical (unpaired) electrons. The molecule has 1 saturated heterocycles. The zero-order chi connectivity index (χ0) is 11.3. The highest BCUT2D eigenvalue weighted by atomic mass is 16.2. The SMILES string of the molecule is C#CC(C)NC(=O)C1CC(CC)CCN1. The van der Waals surface area contributed by atoms with E-state index in [4.69, 9.17) is 6.42 Å². The first-order valence-corrected chi connectivity index (χ1v) is 5.67. The third kappa shape index (κ3) is 3.56. The maximum Gasteiger partial charge on any atom is 0.238 e. The summed E-state index contributed by atoms with van der Waals surface area (Å²) in [7, 11) is 0. The lowest BCUT2D eigenvalue weighted by atomic mass is 9.90. The minimum absolute atomic E-state index is 0.0404. The molecule has 15 heavy (non-hydrogen) atoms. The Hall–Kier alpha value is -1.01. The van der Waals surface area contributed by atoms with Crippen LogP contribution >= 0.6 is 0 Å². The number of piperidine rings is 1. The smallest absolute Gasteiger partial charge is 0.238 e. The molecular weight excluding hydrogens is 188 g/mol. The van der Waals surface area contributed by atoms with Crippen LogP contribution in [0.25, 0.3) is 0 Å². The first-order valence-electron chi connectivity index (χ1n) is 5.67. The van der Waals surface area contributed by atoms with Gasteiger partial charge in [0.25, 0.3) is 0 Å². The van der Waals surface area contributed by atoms with E-state index in [1.165, 1.54) is 6.42 Å².